The standard InChI is InChI=1S/C41H53NO2/c1-3-35-36-15-9-10-16-37(36)39-26-32(17-20-38(35)39)28-42-23-21-31(22-24-42)25-33-18-19-34(27-40(33)43)41(44)29(2)11-7-8-14-30-12-5-4-6-13-30/h9-10,15-20,26-27,29-31,35,43H,3-8,11-14,21-25,28H2,1-2H3/t29-,35?/m1/s1. The molecule has 3 aromatic carbocycles. The van der Waals surface area contributed by atoms with Crippen LogP contribution < -0.4 is 0 Å². The molecule has 3 aromatic rings. The zero-order valence-electron chi connectivity index (χ0n) is 27.2. The van der Waals surface area contributed by atoms with Gasteiger partial charge >= 0.3 is 0 Å². The number of benzene rings is 3. The summed E-state index contributed by atoms with van der Waals surface area (Å²) in [6, 6.07) is 21.8. The number of fused-ring (bicyclic) bond motifs is 3. The van der Waals surface area contributed by atoms with Gasteiger partial charge in [-0.25, -0.2) is 0 Å². The number of hydrogen-bond donors (Lipinski definition) is 1. The van der Waals surface area contributed by atoms with Crippen molar-refractivity contribution in [1.82, 2.24) is 4.90 Å². The van der Waals surface area contributed by atoms with E-state index in [0.29, 0.717) is 23.1 Å². The van der Waals surface area contributed by atoms with Crippen LogP contribution in [0.1, 0.15) is 129 Å². The molecule has 2 aliphatic carbocycles. The normalized spacial score (nSPS) is 19.9. The molecule has 3 heteroatoms. The fourth-order valence-electron chi connectivity index (χ4n) is 8.47. The Labute approximate surface area is 266 Å². The summed E-state index contributed by atoms with van der Waals surface area (Å²) in [5.74, 6) is 2.51. The molecule has 1 N–H and O–H groups in total. The molecular formula is C41H53NO2. The van der Waals surface area contributed by atoms with Crippen LogP contribution in [0, 0.1) is 17.8 Å². The molecule has 1 heterocycles. The quantitative estimate of drug-likeness (QED) is 0.168. The minimum absolute atomic E-state index is 0.0180. The number of carbonyl (C=O) groups is 1. The predicted molar refractivity (Wildman–Crippen MR) is 182 cm³/mol. The first-order chi connectivity index (χ1) is 21.5. The molecule has 6 rings (SSSR count). The van der Waals surface area contributed by atoms with E-state index in [9.17, 15) is 9.90 Å². The van der Waals surface area contributed by atoms with Gasteiger partial charge in [-0.05, 0) is 103 Å². The highest BCUT2D eigenvalue weighted by Crippen LogP contribution is 2.46. The molecule has 2 atom stereocenters. The highest BCUT2D eigenvalue weighted by molar-refractivity contribution is 5.98. The maximum absolute atomic E-state index is 13.1. The number of rotatable bonds is 12. The first-order valence-electron chi connectivity index (χ1n) is 17.8. The van der Waals surface area contributed by atoms with E-state index in [-0.39, 0.29) is 11.7 Å². The van der Waals surface area contributed by atoms with Gasteiger partial charge in [0.15, 0.2) is 5.78 Å². The fraction of sp³-hybridized carbons (Fsp3) is 0.537. The Kier molecular flexibility index (Phi) is 10.2. The van der Waals surface area contributed by atoms with Crippen molar-refractivity contribution in [2.45, 2.75) is 110 Å². The molecular weight excluding hydrogens is 538 g/mol. The Hall–Kier alpha value is -2.91. The maximum atomic E-state index is 13.1. The zero-order valence-corrected chi connectivity index (χ0v) is 27.2. The van der Waals surface area contributed by atoms with Crippen molar-refractivity contribution >= 4 is 5.78 Å². The first kappa shape index (κ1) is 31.1. The Bertz CT molecular complexity index is 1410. The summed E-state index contributed by atoms with van der Waals surface area (Å²) in [5.41, 5.74) is 8.89. The van der Waals surface area contributed by atoms with Gasteiger partial charge in [-0.3, -0.25) is 9.69 Å². The number of ketones is 1. The molecule has 1 saturated carbocycles. The summed E-state index contributed by atoms with van der Waals surface area (Å²) in [5, 5.41) is 10.9. The van der Waals surface area contributed by atoms with Gasteiger partial charge in [0.2, 0.25) is 0 Å². The lowest BCUT2D eigenvalue weighted by Gasteiger charge is -2.32. The third kappa shape index (κ3) is 7.15. The number of Topliss-reactive ketones (excluding diaryl/α,β-unsaturated/α-hetero) is 1. The van der Waals surface area contributed by atoms with Crippen molar-refractivity contribution in [2.24, 2.45) is 17.8 Å². The average Bonchev–Trinajstić information content (AvgIpc) is 3.38. The highest BCUT2D eigenvalue weighted by Gasteiger charge is 2.28. The van der Waals surface area contributed by atoms with E-state index in [0.717, 1.165) is 69.6 Å². The van der Waals surface area contributed by atoms with Gasteiger partial charge in [-0.2, -0.15) is 0 Å². The second-order valence-electron chi connectivity index (χ2n) is 14.3. The number of unbranched alkanes of at least 4 members (excludes halogenated alkanes) is 1. The fourth-order valence-corrected chi connectivity index (χ4v) is 8.47. The largest absolute Gasteiger partial charge is 0.508 e. The lowest BCUT2D eigenvalue weighted by molar-refractivity contribution is 0.0921. The van der Waals surface area contributed by atoms with Gasteiger partial charge in [0.05, 0.1) is 0 Å². The van der Waals surface area contributed by atoms with Crippen molar-refractivity contribution in [3.63, 3.8) is 0 Å². The van der Waals surface area contributed by atoms with Crippen LogP contribution in [0.25, 0.3) is 11.1 Å². The van der Waals surface area contributed by atoms with E-state index in [1.807, 2.05) is 12.1 Å². The van der Waals surface area contributed by atoms with Crippen LogP contribution >= 0.6 is 0 Å². The molecule has 3 aliphatic rings. The summed E-state index contributed by atoms with van der Waals surface area (Å²) in [6.45, 7) is 7.53. The summed E-state index contributed by atoms with van der Waals surface area (Å²) >= 11 is 0. The Morgan fingerprint density at radius 3 is 2.41 bits per heavy atom. The lowest BCUT2D eigenvalue weighted by atomic mass is 9.85. The molecule has 0 bridgehead atoms. The smallest absolute Gasteiger partial charge is 0.165 e. The number of carbonyl (C=O) groups excluding carboxylic acids is 1. The Morgan fingerprint density at radius 1 is 0.864 bits per heavy atom. The Balaban J connectivity index is 0.965. The monoisotopic (exact) mass is 591 g/mol. The number of phenolic OH excluding ortho intramolecular Hbond substituents is 1. The van der Waals surface area contributed by atoms with E-state index >= 15 is 0 Å². The molecule has 3 nitrogen and oxygen atoms in total. The molecule has 1 aliphatic heterocycles. The summed E-state index contributed by atoms with van der Waals surface area (Å²) in [6.07, 6.45) is 16.0. The van der Waals surface area contributed by atoms with E-state index in [2.05, 4.69) is 61.2 Å². The van der Waals surface area contributed by atoms with Crippen molar-refractivity contribution in [1.29, 1.82) is 0 Å². The number of nitrogens with zero attached hydrogens (tertiary/aromatic N) is 1. The molecule has 0 amide bonds. The number of likely N-dealkylation sites (tertiary alicyclic amines) is 1. The van der Waals surface area contributed by atoms with Crippen molar-refractivity contribution in [2.75, 3.05) is 13.1 Å². The van der Waals surface area contributed by atoms with Crippen LogP contribution in [-0.4, -0.2) is 28.9 Å². The van der Waals surface area contributed by atoms with Gasteiger partial charge in [0.1, 0.15) is 5.75 Å². The van der Waals surface area contributed by atoms with Gasteiger partial charge in [-0.1, -0.05) is 114 Å². The maximum Gasteiger partial charge on any atom is 0.165 e. The third-order valence-corrected chi connectivity index (χ3v) is 11.2. The van der Waals surface area contributed by atoms with Gasteiger partial charge in [0.25, 0.3) is 0 Å². The van der Waals surface area contributed by atoms with Crippen LogP contribution in [0.15, 0.2) is 60.7 Å². The summed E-state index contributed by atoms with van der Waals surface area (Å²) in [7, 11) is 0. The third-order valence-electron chi connectivity index (χ3n) is 11.2. The zero-order chi connectivity index (χ0) is 30.5. The van der Waals surface area contributed by atoms with Crippen LogP contribution in [0.2, 0.25) is 0 Å². The number of aromatic hydroxyl groups is 1. The molecule has 1 unspecified atom stereocenters. The van der Waals surface area contributed by atoms with E-state index in [4.69, 9.17) is 0 Å². The summed E-state index contributed by atoms with van der Waals surface area (Å²) < 4.78 is 0. The van der Waals surface area contributed by atoms with Gasteiger partial charge in [0, 0.05) is 23.9 Å². The molecule has 234 valence electrons. The summed E-state index contributed by atoms with van der Waals surface area (Å²) in [4.78, 5) is 15.7. The van der Waals surface area contributed by atoms with E-state index in [1.165, 1.54) is 72.8 Å². The minimum atomic E-state index is 0.0180. The number of piperidine rings is 1. The predicted octanol–water partition coefficient (Wildman–Crippen LogP) is 10.3. The number of hydrogen-bond acceptors (Lipinski definition) is 3. The Morgan fingerprint density at radius 2 is 1.64 bits per heavy atom. The van der Waals surface area contributed by atoms with Gasteiger partial charge in [-0.15, -0.1) is 0 Å². The highest BCUT2D eigenvalue weighted by atomic mass is 16.3. The average molecular weight is 592 g/mol. The molecule has 0 radical (unpaired) electrons. The van der Waals surface area contributed by atoms with Crippen molar-refractivity contribution in [3.8, 4) is 16.9 Å². The molecule has 44 heavy (non-hydrogen) atoms. The second-order valence-corrected chi connectivity index (χ2v) is 14.3. The van der Waals surface area contributed by atoms with Crippen LogP contribution in [-0.2, 0) is 13.0 Å². The molecule has 1 saturated heterocycles. The molecule has 2 fully saturated rings. The lowest BCUT2D eigenvalue weighted by Crippen LogP contribution is -2.33. The molecule has 0 aromatic heterocycles. The van der Waals surface area contributed by atoms with Crippen molar-refractivity contribution < 1.29 is 9.90 Å². The van der Waals surface area contributed by atoms with Crippen LogP contribution in [0.5, 0.6) is 5.75 Å². The van der Waals surface area contributed by atoms with Crippen LogP contribution in [0.3, 0.4) is 0 Å². The second kappa shape index (κ2) is 14.5. The minimum Gasteiger partial charge on any atom is -0.508 e. The van der Waals surface area contributed by atoms with Crippen LogP contribution in [0.4, 0.5) is 0 Å². The van der Waals surface area contributed by atoms with E-state index in [1.54, 1.807) is 6.07 Å². The topological polar surface area (TPSA) is 40.5 Å². The van der Waals surface area contributed by atoms with Crippen molar-refractivity contribution in [3.05, 3.63) is 88.5 Å². The SMILES string of the molecule is CCC1c2ccccc2-c2cc(CN3CCC(Cc4ccc(C(=O)[C@H](C)CCCCC5CCCCC5)cc4O)CC3)ccc21. The first-order valence-corrected chi connectivity index (χ1v) is 17.8. The van der Waals surface area contributed by atoms with Gasteiger partial charge < -0.3 is 5.11 Å². The number of phenols is 1. The van der Waals surface area contributed by atoms with E-state index < -0.39 is 0 Å². The molecule has 0 spiro atoms.